The van der Waals surface area contributed by atoms with Gasteiger partial charge in [0, 0.05) is 12.8 Å². The summed E-state index contributed by atoms with van der Waals surface area (Å²) in [4.78, 5) is 0. The zero-order valence-electron chi connectivity index (χ0n) is 93.0. The van der Waals surface area contributed by atoms with Gasteiger partial charge in [0.2, 0.25) is 0 Å². The van der Waals surface area contributed by atoms with E-state index in [0.29, 0.717) is 113 Å². The van der Waals surface area contributed by atoms with Crippen LogP contribution in [0.5, 0.6) is 0 Å². The minimum atomic E-state index is -0.676. The maximum atomic E-state index is 14.2. The molecule has 0 radical (unpaired) electrons. The summed E-state index contributed by atoms with van der Waals surface area (Å²) in [6.07, 6.45) is 59.4. The van der Waals surface area contributed by atoms with Crippen molar-refractivity contribution in [1.29, 1.82) is 0 Å². The first kappa shape index (κ1) is 124. The van der Waals surface area contributed by atoms with Crippen molar-refractivity contribution < 1.29 is 65.5 Å². The second-order valence-corrected chi connectivity index (χ2v) is 50.1. The normalized spacial score (nSPS) is 25.5. The number of hydrogen-bond acceptors (Lipinski definition) is 0. The van der Waals surface area contributed by atoms with Crippen molar-refractivity contribution in [3.05, 3.63) is 276 Å². The van der Waals surface area contributed by atoms with E-state index < -0.39 is 46.5 Å². The van der Waals surface area contributed by atoms with Crippen molar-refractivity contribution in [2.75, 3.05) is 0 Å². The molecule has 0 amide bonds. The third-order valence-electron chi connectivity index (χ3n) is 36.4. The Morgan fingerprint density at radius 3 is 0.574 bits per heavy atom. The smallest absolute Gasteiger partial charge is 0.162 e. The van der Waals surface area contributed by atoms with Gasteiger partial charge in [-0.1, -0.05) is 391 Å². The number of halogens is 16. The quantitative estimate of drug-likeness (QED) is 0.0560. The van der Waals surface area contributed by atoms with Gasteiger partial charge in [0.05, 0.1) is 20.1 Å². The minimum Gasteiger partial charge on any atom is -0.205 e. The molecule has 0 bridgehead atoms. The Balaban J connectivity index is 0.000000891. The Bertz CT molecular complexity index is 4570. The Labute approximate surface area is 920 Å². The predicted molar refractivity (Wildman–Crippen MR) is 620 cm³/mol. The third kappa shape index (κ3) is 39.1. The predicted octanol–water partition coefficient (Wildman–Crippen LogP) is 45.9. The van der Waals surface area contributed by atoms with Crippen molar-refractivity contribution in [3.8, 4) is 0 Å². The molecule has 0 aliphatic heterocycles. The fourth-order valence-corrected chi connectivity index (χ4v) is 25.6. The van der Waals surface area contributed by atoms with E-state index in [-0.39, 0.29) is 42.0 Å². The summed E-state index contributed by atoms with van der Waals surface area (Å²) in [5.41, 5.74) is 10.2. The van der Waals surface area contributed by atoms with Gasteiger partial charge in [0.1, 0.15) is 23.3 Å². The molecule has 16 heteroatoms. The van der Waals surface area contributed by atoms with Crippen LogP contribution in [0.2, 0.25) is 20.1 Å². The lowest BCUT2D eigenvalue weighted by Gasteiger charge is -2.37. The van der Waals surface area contributed by atoms with Crippen molar-refractivity contribution in [3.63, 3.8) is 0 Å². The Morgan fingerprint density at radius 2 is 0.345 bits per heavy atom. The summed E-state index contributed by atoms with van der Waals surface area (Å²) in [5, 5.41) is 1.26. The first-order valence-corrected chi connectivity index (χ1v) is 59.6. The van der Waals surface area contributed by atoms with Gasteiger partial charge in [0.15, 0.2) is 46.5 Å². The van der Waals surface area contributed by atoms with Gasteiger partial charge in [-0.3, -0.25) is 0 Å². The molecule has 0 aromatic heterocycles. The molecule has 0 unspecified atom stereocenters. The summed E-state index contributed by atoms with van der Waals surface area (Å²) in [7, 11) is 0. The molecule has 0 nitrogen and oxygen atoms in total. The fourth-order valence-electron chi connectivity index (χ4n) is 24.6. The fraction of sp³-hybridized carbons (Fsp3) is 0.636. The van der Waals surface area contributed by atoms with Gasteiger partial charge in [-0.15, -0.1) is 0 Å². The van der Waals surface area contributed by atoms with E-state index in [4.69, 9.17) is 46.4 Å². The lowest BCUT2D eigenvalue weighted by Crippen LogP contribution is -2.25. The molecule has 0 atom stereocenters. The van der Waals surface area contributed by atoms with E-state index in [1.165, 1.54) is 218 Å². The van der Waals surface area contributed by atoms with Crippen LogP contribution < -0.4 is 0 Å². The largest absolute Gasteiger partial charge is 0.205 e. The average Bonchev–Trinajstić information content (AvgIpc) is 1.15. The van der Waals surface area contributed by atoms with Crippen LogP contribution in [0.1, 0.15) is 439 Å². The first-order valence-electron chi connectivity index (χ1n) is 58.1. The lowest BCUT2D eigenvalue weighted by atomic mass is 9.68. The molecular formula is C132H200Cl4F12. The summed E-state index contributed by atoms with van der Waals surface area (Å²) in [5.74, 6) is 8.06. The Morgan fingerprint density at radius 1 is 0.176 bits per heavy atom. The Hall–Kier alpha value is -5.92. The van der Waals surface area contributed by atoms with E-state index in [2.05, 4.69) is 55.4 Å². The average molecular weight is 2160 g/mol. The van der Waals surface area contributed by atoms with Crippen LogP contribution >= 0.6 is 46.4 Å². The van der Waals surface area contributed by atoms with Gasteiger partial charge < -0.3 is 0 Å². The second-order valence-electron chi connectivity index (χ2n) is 48.6. The lowest BCUT2D eigenvalue weighted by molar-refractivity contribution is 0.164. The summed E-state index contributed by atoms with van der Waals surface area (Å²) >= 11 is 24.0. The zero-order chi connectivity index (χ0) is 108. The van der Waals surface area contributed by atoms with Crippen LogP contribution in [-0.4, -0.2) is 0 Å². The van der Waals surface area contributed by atoms with Crippen LogP contribution in [0, 0.1) is 226 Å². The van der Waals surface area contributed by atoms with Crippen molar-refractivity contribution >= 4 is 46.4 Å². The molecule has 0 saturated heterocycles. The van der Waals surface area contributed by atoms with Crippen LogP contribution in [0.25, 0.3) is 0 Å². The van der Waals surface area contributed by atoms with Gasteiger partial charge in [-0.25, -0.2) is 52.7 Å². The van der Waals surface area contributed by atoms with Crippen molar-refractivity contribution in [2.24, 2.45) is 101 Å². The molecule has 9 aliphatic carbocycles. The molecule has 8 aromatic carbocycles. The molecule has 9 aliphatic rings. The summed E-state index contributed by atoms with van der Waals surface area (Å²) in [6, 6.07) is 29.0. The number of aryl methyl sites for hydroxylation is 15. The highest BCUT2D eigenvalue weighted by Crippen LogP contribution is 2.47. The molecular weight excluding hydrogens is 1960 g/mol. The number of benzene rings is 8. The molecule has 9 saturated carbocycles. The molecule has 9 fully saturated rings. The maximum Gasteiger partial charge on any atom is 0.162 e. The molecule has 0 spiro atoms. The molecule has 0 heterocycles. The first-order chi connectivity index (χ1) is 70.6. The van der Waals surface area contributed by atoms with Gasteiger partial charge in [-0.05, 0) is 379 Å². The summed E-state index contributed by atoms with van der Waals surface area (Å²) < 4.78 is 165. The maximum absolute atomic E-state index is 14.2. The molecule has 17 rings (SSSR count). The van der Waals surface area contributed by atoms with Gasteiger partial charge >= 0.3 is 0 Å². The minimum absolute atomic E-state index is 0. The molecule has 840 valence electrons. The summed E-state index contributed by atoms with van der Waals surface area (Å²) in [6.45, 7) is 32.2. The van der Waals surface area contributed by atoms with E-state index in [1.54, 1.807) is 90.1 Å². The monoisotopic (exact) mass is 2150 g/mol. The van der Waals surface area contributed by atoms with Crippen LogP contribution in [0.3, 0.4) is 0 Å². The van der Waals surface area contributed by atoms with Crippen molar-refractivity contribution in [1.82, 2.24) is 0 Å². The molecule has 8 aromatic rings. The van der Waals surface area contributed by atoms with E-state index in [0.717, 1.165) is 200 Å². The van der Waals surface area contributed by atoms with E-state index in [9.17, 15) is 52.7 Å². The van der Waals surface area contributed by atoms with Gasteiger partial charge in [-0.2, -0.15) is 0 Å². The third-order valence-corrected chi connectivity index (χ3v) is 38.2. The highest BCUT2D eigenvalue weighted by molar-refractivity contribution is 6.32. The molecule has 0 N–H and O–H groups in total. The van der Waals surface area contributed by atoms with E-state index in [1.807, 2.05) is 62.4 Å². The number of hydrogen-bond donors (Lipinski definition) is 0. The standard InChI is InChI=1S/C20H28F2.4C16H22ClF.3C16H22F2.9H2/c1-13-3-6-15(7-4-13)16-8-10-17(11-9-16)18-12-5-14(2)19(21)20(18)22;2*1-11-3-6-13(7-4-11)8-10-14-9-5-12(2)16(18)15(14)17;5*1-11-3-6-13(7-4-11)8-10-14-9-5-12(2)15(17)16(14)18;;;;;;;;;/h5,12-13,15-17H,3-4,6-11H2,1-2H3;7*5,9,11,13H,3-4,6-8,10H2,1-2H3;9*1H. The van der Waals surface area contributed by atoms with Crippen molar-refractivity contribution in [2.45, 2.75) is 438 Å². The van der Waals surface area contributed by atoms with Crippen LogP contribution in [0.4, 0.5) is 52.7 Å². The second kappa shape index (κ2) is 62.7. The van der Waals surface area contributed by atoms with E-state index >= 15 is 0 Å². The zero-order valence-corrected chi connectivity index (χ0v) is 96.1. The highest BCUT2D eigenvalue weighted by Gasteiger charge is 2.34. The highest BCUT2D eigenvalue weighted by atomic mass is 35.5. The topological polar surface area (TPSA) is 0 Å². The Kier molecular flexibility index (Phi) is 52.5. The van der Waals surface area contributed by atoms with Crippen LogP contribution in [-0.2, 0) is 44.9 Å². The van der Waals surface area contributed by atoms with Gasteiger partial charge in [0.25, 0.3) is 0 Å². The number of rotatable bonds is 23. The SMILES string of the molecule is Cc1ccc(C2CCC(C3CCC(C)CC3)CC2)c(F)c1F.Cc1ccc(CCC2CCC(C)CC2)c(Cl)c1F.Cc1ccc(CCC2CCC(C)CC2)c(Cl)c1F.Cc1ccc(CCC2CCC(C)CC2)c(F)c1Cl.Cc1ccc(CCC2CCC(C)CC2)c(F)c1Cl.Cc1ccc(CCC2CCC(C)CC2)c(F)c1F.Cc1ccc(CCC2CCC(C)CC2)c(F)c1F.Cc1ccc(CCC2CCC(C)CC2)c(F)c1F.[HH].[HH].[HH].[HH].[HH].[HH].[HH].[HH].[HH]. The molecule has 148 heavy (non-hydrogen) atoms. The van der Waals surface area contributed by atoms with Crippen LogP contribution in [0.15, 0.2) is 97.1 Å².